The van der Waals surface area contributed by atoms with Crippen molar-refractivity contribution in [3.05, 3.63) is 37.8 Å². The molecule has 12 heavy (non-hydrogen) atoms. The molecule has 4 heteroatoms. The van der Waals surface area contributed by atoms with Gasteiger partial charge < -0.3 is 9.47 Å². The quantitative estimate of drug-likeness (QED) is 0.206. The van der Waals surface area contributed by atoms with Gasteiger partial charge in [-0.2, -0.15) is 0 Å². The zero-order valence-electron chi connectivity index (χ0n) is 6.41. The fourth-order valence-corrected chi connectivity index (χ4v) is 0.377. The molecule has 0 fully saturated rings. The third kappa shape index (κ3) is 2.83. The summed E-state index contributed by atoms with van der Waals surface area (Å²) in [5.74, 6) is -1.78. The van der Waals surface area contributed by atoms with E-state index in [1.807, 2.05) is 0 Å². The van der Waals surface area contributed by atoms with E-state index in [-0.39, 0.29) is 0 Å². The minimum absolute atomic E-state index is 0.408. The van der Waals surface area contributed by atoms with Gasteiger partial charge in [0.1, 0.15) is 5.57 Å². The summed E-state index contributed by atoms with van der Waals surface area (Å²) < 4.78 is 8.52. The highest BCUT2D eigenvalue weighted by atomic mass is 16.5. The van der Waals surface area contributed by atoms with Gasteiger partial charge >= 0.3 is 11.9 Å². The van der Waals surface area contributed by atoms with Crippen molar-refractivity contribution in [2.45, 2.75) is 0 Å². The smallest absolute Gasteiger partial charge is 0.349 e. The molecule has 0 saturated carbocycles. The lowest BCUT2D eigenvalue weighted by Gasteiger charge is -1.99. The fourth-order valence-electron chi connectivity index (χ4n) is 0.377. The SMILES string of the molecule is C=COC(=O)C(=C)C(=O)OC=C. The summed E-state index contributed by atoms with van der Waals surface area (Å²) in [4.78, 5) is 21.5. The molecule has 0 aromatic carbocycles. The van der Waals surface area contributed by atoms with Gasteiger partial charge in [0, 0.05) is 0 Å². The van der Waals surface area contributed by atoms with E-state index >= 15 is 0 Å². The van der Waals surface area contributed by atoms with Crippen LogP contribution in [0.4, 0.5) is 0 Å². The molecule has 4 nitrogen and oxygen atoms in total. The maximum absolute atomic E-state index is 10.7. The summed E-state index contributed by atoms with van der Waals surface area (Å²) in [7, 11) is 0. The summed E-state index contributed by atoms with van der Waals surface area (Å²) in [5.41, 5.74) is -0.408. The van der Waals surface area contributed by atoms with Crippen LogP contribution in [-0.2, 0) is 19.1 Å². The van der Waals surface area contributed by atoms with E-state index in [9.17, 15) is 9.59 Å². The number of hydrogen-bond acceptors (Lipinski definition) is 4. The molecule has 0 saturated heterocycles. The second-order valence-corrected chi connectivity index (χ2v) is 1.62. The molecular weight excluding hydrogens is 160 g/mol. The highest BCUT2D eigenvalue weighted by Crippen LogP contribution is 1.98. The molecule has 0 bridgehead atoms. The van der Waals surface area contributed by atoms with Crippen molar-refractivity contribution in [3.63, 3.8) is 0 Å². The van der Waals surface area contributed by atoms with E-state index < -0.39 is 17.5 Å². The van der Waals surface area contributed by atoms with Gasteiger partial charge in [0.05, 0.1) is 12.5 Å². The first-order valence-electron chi connectivity index (χ1n) is 2.96. The average Bonchev–Trinajstić information content (AvgIpc) is 2.04. The van der Waals surface area contributed by atoms with Gasteiger partial charge in [-0.15, -0.1) is 0 Å². The highest BCUT2D eigenvalue weighted by molar-refractivity contribution is 6.13. The van der Waals surface area contributed by atoms with Crippen LogP contribution in [0.25, 0.3) is 0 Å². The van der Waals surface area contributed by atoms with Crippen LogP contribution in [0.5, 0.6) is 0 Å². The van der Waals surface area contributed by atoms with E-state index in [4.69, 9.17) is 0 Å². The van der Waals surface area contributed by atoms with E-state index in [0.29, 0.717) is 0 Å². The maximum atomic E-state index is 10.7. The molecule has 0 heterocycles. The van der Waals surface area contributed by atoms with Crippen molar-refractivity contribution < 1.29 is 19.1 Å². The predicted molar refractivity (Wildman–Crippen MR) is 41.7 cm³/mol. The van der Waals surface area contributed by atoms with Gasteiger partial charge in [-0.3, -0.25) is 0 Å². The van der Waals surface area contributed by atoms with Gasteiger partial charge in [0.2, 0.25) is 0 Å². The Morgan fingerprint density at radius 3 is 1.58 bits per heavy atom. The Balaban J connectivity index is 4.18. The lowest BCUT2D eigenvalue weighted by atomic mass is 10.3. The van der Waals surface area contributed by atoms with Crippen LogP contribution in [-0.4, -0.2) is 11.9 Å². The minimum atomic E-state index is -0.892. The zero-order chi connectivity index (χ0) is 9.56. The fraction of sp³-hybridized carbons (Fsp3) is 0. The van der Waals surface area contributed by atoms with E-state index in [1.165, 1.54) is 0 Å². The van der Waals surface area contributed by atoms with Gasteiger partial charge in [-0.1, -0.05) is 19.7 Å². The molecule has 0 aliphatic rings. The molecule has 0 unspecified atom stereocenters. The zero-order valence-corrected chi connectivity index (χ0v) is 6.41. The minimum Gasteiger partial charge on any atom is -0.431 e. The van der Waals surface area contributed by atoms with Gasteiger partial charge in [0.15, 0.2) is 0 Å². The van der Waals surface area contributed by atoms with Crippen LogP contribution in [0.2, 0.25) is 0 Å². The molecule has 0 rings (SSSR count). The van der Waals surface area contributed by atoms with E-state index in [2.05, 4.69) is 29.2 Å². The van der Waals surface area contributed by atoms with Crippen molar-refractivity contribution in [1.82, 2.24) is 0 Å². The van der Waals surface area contributed by atoms with Gasteiger partial charge in [-0.05, 0) is 0 Å². The molecule has 0 amide bonds. The molecule has 64 valence electrons. The molecule has 0 aromatic heterocycles. The third-order valence-corrected chi connectivity index (χ3v) is 0.874. The molecule has 0 aliphatic carbocycles. The molecule has 0 aromatic rings. The Morgan fingerprint density at radius 2 is 1.33 bits per heavy atom. The van der Waals surface area contributed by atoms with E-state index in [1.54, 1.807) is 0 Å². The normalized spacial score (nSPS) is 8.00. The van der Waals surface area contributed by atoms with Crippen LogP contribution in [0.3, 0.4) is 0 Å². The molecule has 0 atom stereocenters. The Labute approximate surface area is 69.8 Å². The second-order valence-electron chi connectivity index (χ2n) is 1.62. The largest absolute Gasteiger partial charge is 0.431 e. The van der Waals surface area contributed by atoms with Crippen molar-refractivity contribution >= 4 is 11.9 Å². The van der Waals surface area contributed by atoms with Crippen LogP contribution >= 0.6 is 0 Å². The number of rotatable bonds is 4. The highest BCUT2D eigenvalue weighted by Gasteiger charge is 2.16. The molecule has 0 N–H and O–H groups in total. The predicted octanol–water partition coefficient (Wildman–Crippen LogP) is 0.916. The number of carbonyl (C=O) groups is 2. The Morgan fingerprint density at radius 1 is 1.00 bits per heavy atom. The summed E-state index contributed by atoms with van der Waals surface area (Å²) in [5, 5.41) is 0. The molecule has 0 radical (unpaired) electrons. The number of esters is 2. The van der Waals surface area contributed by atoms with Gasteiger partial charge in [-0.25, -0.2) is 9.59 Å². The van der Waals surface area contributed by atoms with Crippen LogP contribution in [0.1, 0.15) is 0 Å². The first-order valence-corrected chi connectivity index (χ1v) is 2.96. The monoisotopic (exact) mass is 168 g/mol. The van der Waals surface area contributed by atoms with Gasteiger partial charge in [0.25, 0.3) is 0 Å². The number of hydrogen-bond donors (Lipinski definition) is 0. The maximum Gasteiger partial charge on any atom is 0.349 e. The number of carbonyl (C=O) groups excluding carboxylic acids is 2. The topological polar surface area (TPSA) is 52.6 Å². The van der Waals surface area contributed by atoms with Crippen LogP contribution < -0.4 is 0 Å². The Hall–Kier alpha value is -1.84. The second kappa shape index (κ2) is 4.90. The average molecular weight is 168 g/mol. The van der Waals surface area contributed by atoms with Crippen LogP contribution in [0.15, 0.2) is 37.8 Å². The third-order valence-electron chi connectivity index (χ3n) is 0.874. The molecule has 0 spiro atoms. The van der Waals surface area contributed by atoms with Crippen molar-refractivity contribution in [1.29, 1.82) is 0 Å². The molecule has 0 aliphatic heterocycles. The summed E-state index contributed by atoms with van der Waals surface area (Å²) in [6.07, 6.45) is 1.80. The summed E-state index contributed by atoms with van der Waals surface area (Å²) in [6.45, 7) is 9.41. The van der Waals surface area contributed by atoms with E-state index in [0.717, 1.165) is 12.5 Å². The Bertz CT molecular complexity index is 215. The van der Waals surface area contributed by atoms with Crippen LogP contribution in [0, 0.1) is 0 Å². The lowest BCUT2D eigenvalue weighted by Crippen LogP contribution is -2.13. The first kappa shape index (κ1) is 10.2. The lowest BCUT2D eigenvalue weighted by molar-refractivity contribution is -0.141. The van der Waals surface area contributed by atoms with Crippen molar-refractivity contribution in [2.75, 3.05) is 0 Å². The molecular formula is C8H8O4. The Kier molecular flexibility index (Phi) is 4.15. The number of ether oxygens (including phenoxy) is 2. The standard InChI is InChI=1S/C8H8O4/c1-4-11-7(9)6(3)8(10)12-5-2/h4-5H,1-3H2. The van der Waals surface area contributed by atoms with Crippen molar-refractivity contribution in [2.24, 2.45) is 0 Å². The summed E-state index contributed by atoms with van der Waals surface area (Å²) >= 11 is 0. The first-order chi connectivity index (χ1) is 5.63. The summed E-state index contributed by atoms with van der Waals surface area (Å²) in [6, 6.07) is 0. The van der Waals surface area contributed by atoms with Crippen molar-refractivity contribution in [3.8, 4) is 0 Å².